The zero-order valence-corrected chi connectivity index (χ0v) is 29.0. The van der Waals surface area contributed by atoms with E-state index in [2.05, 4.69) is 5.32 Å². The number of carbonyl (C=O) groups is 1. The van der Waals surface area contributed by atoms with E-state index >= 15 is 0 Å². The number of carbonyl (C=O) groups excluding carboxylic acids is 1. The second kappa shape index (κ2) is 16.9. The standard InChI is InChI=1S/C41H37F5N2O6/c1-48(21-32(51)29-6-3-7-30(50)17-29)20-31-18-33(26-10-8-23(22-49)9-11-26)54-41(53-31)27-14-12-25(13-15-27)28-5-2-4-24(16-28)19-47-40(52)34-35(42)37(44)39(46)38(45)36(34)43/h2-17,31-33,41,49-51H,18-22H2,1H3,(H,47,52). The van der Waals surface area contributed by atoms with Crippen molar-refractivity contribution in [3.63, 3.8) is 0 Å². The minimum Gasteiger partial charge on any atom is -0.508 e. The van der Waals surface area contributed by atoms with Gasteiger partial charge in [0, 0.05) is 31.6 Å². The first-order chi connectivity index (χ1) is 25.9. The number of ether oxygens (including phenoxy) is 2. The molecule has 0 radical (unpaired) electrons. The van der Waals surface area contributed by atoms with Gasteiger partial charge in [-0.25, -0.2) is 22.0 Å². The number of hydrogen-bond acceptors (Lipinski definition) is 7. The summed E-state index contributed by atoms with van der Waals surface area (Å²) in [4.78, 5) is 14.4. The molecule has 1 saturated heterocycles. The lowest BCUT2D eigenvalue weighted by molar-refractivity contribution is -0.252. The zero-order chi connectivity index (χ0) is 38.5. The van der Waals surface area contributed by atoms with Crippen LogP contribution in [0.1, 0.15) is 63.1 Å². The number of nitrogens with one attached hydrogen (secondary N) is 1. The van der Waals surface area contributed by atoms with Crippen LogP contribution in [0.3, 0.4) is 0 Å². The van der Waals surface area contributed by atoms with Gasteiger partial charge in [-0.1, -0.05) is 78.9 Å². The van der Waals surface area contributed by atoms with E-state index in [4.69, 9.17) is 9.47 Å². The number of amides is 1. The molecule has 4 N–H and O–H groups in total. The number of halogens is 5. The number of phenols is 1. The van der Waals surface area contributed by atoms with Crippen LogP contribution in [0.25, 0.3) is 11.1 Å². The Bertz CT molecular complexity index is 2070. The molecule has 0 aromatic heterocycles. The fourth-order valence-corrected chi connectivity index (χ4v) is 6.36. The number of phenolic OH excluding ortho intramolecular Hbond substituents is 1. The first kappa shape index (κ1) is 38.5. The van der Waals surface area contributed by atoms with Crippen molar-refractivity contribution in [2.24, 2.45) is 0 Å². The van der Waals surface area contributed by atoms with Crippen molar-refractivity contribution < 1.29 is 51.5 Å². The molecule has 0 bridgehead atoms. The van der Waals surface area contributed by atoms with Crippen molar-refractivity contribution in [1.29, 1.82) is 0 Å². The van der Waals surface area contributed by atoms with E-state index in [1.807, 2.05) is 60.5 Å². The smallest absolute Gasteiger partial charge is 0.257 e. The van der Waals surface area contributed by atoms with Crippen LogP contribution in [0, 0.1) is 29.1 Å². The number of aromatic hydroxyl groups is 1. The summed E-state index contributed by atoms with van der Waals surface area (Å²) in [7, 11) is 1.87. The molecule has 5 aromatic rings. The highest BCUT2D eigenvalue weighted by Gasteiger charge is 2.33. The molecule has 0 saturated carbocycles. The first-order valence-electron chi connectivity index (χ1n) is 17.1. The number of benzene rings is 5. The lowest BCUT2D eigenvalue weighted by Crippen LogP contribution is -2.39. The minimum absolute atomic E-state index is 0.0684. The number of aliphatic hydroxyl groups excluding tert-OH is 2. The van der Waals surface area contributed by atoms with E-state index in [0.717, 1.165) is 27.8 Å². The van der Waals surface area contributed by atoms with Crippen molar-refractivity contribution in [1.82, 2.24) is 10.2 Å². The van der Waals surface area contributed by atoms with Crippen LogP contribution in [0.5, 0.6) is 5.75 Å². The van der Waals surface area contributed by atoms with Crippen LogP contribution < -0.4 is 5.32 Å². The zero-order valence-electron chi connectivity index (χ0n) is 29.0. The predicted molar refractivity (Wildman–Crippen MR) is 188 cm³/mol. The SMILES string of the molecule is CN(CC1CC(c2ccc(CO)cc2)OC(c2ccc(-c3cccc(CNC(=O)c4c(F)c(F)c(F)c(F)c4F)c3)cc2)O1)CC(O)c1cccc(O)c1. The van der Waals surface area contributed by atoms with Gasteiger partial charge in [0.2, 0.25) is 5.82 Å². The molecule has 6 rings (SSSR count). The number of aliphatic hydroxyl groups is 2. The van der Waals surface area contributed by atoms with Crippen LogP contribution >= 0.6 is 0 Å². The molecule has 282 valence electrons. The fourth-order valence-electron chi connectivity index (χ4n) is 6.36. The van der Waals surface area contributed by atoms with Crippen molar-refractivity contribution in [2.45, 2.75) is 44.2 Å². The van der Waals surface area contributed by atoms with Gasteiger partial charge in [-0.05, 0) is 58.6 Å². The minimum atomic E-state index is -2.35. The van der Waals surface area contributed by atoms with Gasteiger partial charge in [0.05, 0.1) is 24.9 Å². The molecule has 5 aromatic carbocycles. The van der Waals surface area contributed by atoms with Crippen LogP contribution in [-0.4, -0.2) is 52.4 Å². The van der Waals surface area contributed by atoms with Crippen molar-refractivity contribution in [3.8, 4) is 16.9 Å². The van der Waals surface area contributed by atoms with Gasteiger partial charge in [0.15, 0.2) is 29.6 Å². The Labute approximate surface area is 308 Å². The van der Waals surface area contributed by atoms with Crippen LogP contribution in [0.15, 0.2) is 97.1 Å². The maximum absolute atomic E-state index is 14.1. The monoisotopic (exact) mass is 748 g/mol. The molecule has 0 spiro atoms. The summed E-state index contributed by atoms with van der Waals surface area (Å²) < 4.78 is 81.9. The fraction of sp³-hybridized carbons (Fsp3) is 0.244. The highest BCUT2D eigenvalue weighted by Crippen LogP contribution is 2.39. The second-order valence-corrected chi connectivity index (χ2v) is 13.1. The van der Waals surface area contributed by atoms with Crippen LogP contribution in [0.2, 0.25) is 0 Å². The lowest BCUT2D eigenvalue weighted by atomic mass is 9.98. The first-order valence-corrected chi connectivity index (χ1v) is 17.1. The summed E-state index contributed by atoms with van der Waals surface area (Å²) in [6.07, 6.45) is -1.72. The molecule has 1 amide bonds. The maximum atomic E-state index is 14.1. The van der Waals surface area contributed by atoms with Crippen molar-refractivity contribution in [2.75, 3.05) is 20.1 Å². The predicted octanol–water partition coefficient (Wildman–Crippen LogP) is 7.39. The van der Waals surface area contributed by atoms with Gasteiger partial charge in [0.25, 0.3) is 5.91 Å². The Morgan fingerprint density at radius 1 is 0.796 bits per heavy atom. The van der Waals surface area contributed by atoms with Gasteiger partial charge in [-0.2, -0.15) is 0 Å². The van der Waals surface area contributed by atoms with Gasteiger partial charge >= 0.3 is 0 Å². The number of rotatable bonds is 12. The van der Waals surface area contributed by atoms with E-state index in [0.29, 0.717) is 30.6 Å². The number of likely N-dealkylation sites (N-methyl/N-ethyl adjacent to an activating group) is 1. The second-order valence-electron chi connectivity index (χ2n) is 13.1. The topological polar surface area (TPSA) is 111 Å². The third-order valence-electron chi connectivity index (χ3n) is 9.20. The van der Waals surface area contributed by atoms with E-state index in [1.165, 1.54) is 12.1 Å². The summed E-state index contributed by atoms with van der Waals surface area (Å²) in [5.41, 5.74) is 3.44. The third kappa shape index (κ3) is 8.78. The molecule has 1 aliphatic rings. The molecule has 1 fully saturated rings. The Hall–Kier alpha value is -5.18. The summed E-state index contributed by atoms with van der Waals surface area (Å²) in [5, 5.41) is 32.4. The molecule has 1 aliphatic heterocycles. The molecule has 54 heavy (non-hydrogen) atoms. The van der Waals surface area contributed by atoms with Gasteiger partial charge in [-0.3, -0.25) is 4.79 Å². The van der Waals surface area contributed by atoms with Crippen molar-refractivity contribution in [3.05, 3.63) is 160 Å². The average Bonchev–Trinajstić information content (AvgIpc) is 3.18. The highest BCUT2D eigenvalue weighted by atomic mass is 19.2. The van der Waals surface area contributed by atoms with Gasteiger partial charge in [0.1, 0.15) is 11.3 Å². The summed E-state index contributed by atoms with van der Waals surface area (Å²) in [5.74, 6) is -12.6. The van der Waals surface area contributed by atoms with E-state index < -0.39 is 53.0 Å². The molecule has 4 atom stereocenters. The maximum Gasteiger partial charge on any atom is 0.257 e. The Morgan fingerprint density at radius 2 is 1.44 bits per heavy atom. The van der Waals surface area contributed by atoms with Gasteiger partial charge < -0.3 is 35.0 Å². The van der Waals surface area contributed by atoms with Crippen LogP contribution in [-0.2, 0) is 22.6 Å². The molecule has 4 unspecified atom stereocenters. The van der Waals surface area contributed by atoms with Crippen LogP contribution in [0.4, 0.5) is 22.0 Å². The largest absolute Gasteiger partial charge is 0.508 e. The summed E-state index contributed by atoms with van der Waals surface area (Å²) >= 11 is 0. The summed E-state index contributed by atoms with van der Waals surface area (Å²) in [6.45, 7) is 0.413. The van der Waals surface area contributed by atoms with Gasteiger partial charge in [-0.15, -0.1) is 0 Å². The molecular weight excluding hydrogens is 711 g/mol. The average molecular weight is 749 g/mol. The number of hydrogen-bond donors (Lipinski definition) is 4. The molecular formula is C41H37F5N2O6. The van der Waals surface area contributed by atoms with E-state index in [-0.39, 0.29) is 31.1 Å². The Morgan fingerprint density at radius 3 is 2.11 bits per heavy atom. The van der Waals surface area contributed by atoms with Crippen molar-refractivity contribution >= 4 is 5.91 Å². The van der Waals surface area contributed by atoms with E-state index in [1.54, 1.807) is 36.4 Å². The third-order valence-corrected chi connectivity index (χ3v) is 9.20. The summed E-state index contributed by atoms with van der Waals surface area (Å²) in [6, 6.07) is 28.2. The molecule has 8 nitrogen and oxygen atoms in total. The molecule has 13 heteroatoms. The molecule has 0 aliphatic carbocycles. The Kier molecular flexibility index (Phi) is 12.0. The normalized spacial score (nSPS) is 17.8. The Balaban J connectivity index is 1.15. The van der Waals surface area contributed by atoms with E-state index in [9.17, 15) is 42.1 Å². The molecule has 1 heterocycles. The number of nitrogens with zero attached hydrogens (tertiary/aromatic N) is 1. The highest BCUT2D eigenvalue weighted by molar-refractivity contribution is 5.94. The quantitative estimate of drug-likeness (QED) is 0.0599. The lowest BCUT2D eigenvalue weighted by Gasteiger charge is -2.38.